The summed E-state index contributed by atoms with van der Waals surface area (Å²) in [5, 5.41) is 10.0. The second kappa shape index (κ2) is 13.7. The first-order valence-corrected chi connectivity index (χ1v) is 10.1. The average Bonchev–Trinajstić information content (AvgIpc) is 2.99. The van der Waals surface area contributed by atoms with Gasteiger partial charge in [-0.2, -0.15) is 0 Å². The van der Waals surface area contributed by atoms with Crippen LogP contribution in [0.5, 0.6) is 0 Å². The highest BCUT2D eigenvalue weighted by atomic mass is 127. The topological polar surface area (TPSA) is 52.6 Å². The molecule has 0 radical (unpaired) electrons. The fourth-order valence-electron chi connectivity index (χ4n) is 2.67. The van der Waals surface area contributed by atoms with Gasteiger partial charge >= 0.3 is 0 Å². The number of aryl methyl sites for hydroxylation is 1. The lowest BCUT2D eigenvalue weighted by Gasteiger charge is -2.30. The molecule has 0 aliphatic rings. The van der Waals surface area contributed by atoms with Crippen molar-refractivity contribution in [3.8, 4) is 0 Å². The third kappa shape index (κ3) is 9.75. The third-order valence-corrected chi connectivity index (χ3v) is 4.90. The Morgan fingerprint density at radius 1 is 1.20 bits per heavy atom. The van der Waals surface area contributed by atoms with Crippen molar-refractivity contribution in [2.24, 2.45) is 4.99 Å². The molecule has 0 saturated heterocycles. The second-order valence-electron chi connectivity index (χ2n) is 6.49. The SMILES string of the molecule is CCNC(=NCc1csc(CC)n1)NCCCN(C(C)C)C(C)C.I. The minimum Gasteiger partial charge on any atom is -0.357 e. The van der Waals surface area contributed by atoms with Crippen molar-refractivity contribution < 1.29 is 0 Å². The molecule has 0 aliphatic carbocycles. The number of guanidine groups is 1. The number of thiazole rings is 1. The zero-order valence-electron chi connectivity index (χ0n) is 16.6. The summed E-state index contributed by atoms with van der Waals surface area (Å²) in [6, 6.07) is 1.17. The van der Waals surface area contributed by atoms with Gasteiger partial charge in [-0.15, -0.1) is 35.3 Å². The Morgan fingerprint density at radius 3 is 2.40 bits per heavy atom. The normalized spacial score (nSPS) is 12.0. The smallest absolute Gasteiger partial charge is 0.191 e. The van der Waals surface area contributed by atoms with Gasteiger partial charge in [-0.3, -0.25) is 4.90 Å². The minimum atomic E-state index is 0. The Labute approximate surface area is 175 Å². The molecule has 2 N–H and O–H groups in total. The summed E-state index contributed by atoms with van der Waals surface area (Å²) < 4.78 is 0. The maximum Gasteiger partial charge on any atom is 0.191 e. The van der Waals surface area contributed by atoms with Crippen LogP contribution in [0.15, 0.2) is 10.4 Å². The lowest BCUT2D eigenvalue weighted by atomic mass is 10.2. The van der Waals surface area contributed by atoms with Crippen LogP contribution in [0.25, 0.3) is 0 Å². The molecule has 0 atom stereocenters. The van der Waals surface area contributed by atoms with Crippen LogP contribution in [-0.2, 0) is 13.0 Å². The fraction of sp³-hybridized carbons (Fsp3) is 0.778. The Balaban J connectivity index is 0.00000576. The molecular weight excluding hydrogens is 445 g/mol. The lowest BCUT2D eigenvalue weighted by molar-refractivity contribution is 0.173. The molecular formula is C18H36IN5S. The molecule has 1 heterocycles. The van der Waals surface area contributed by atoms with Gasteiger partial charge in [-0.05, 0) is 47.5 Å². The van der Waals surface area contributed by atoms with Crippen LogP contribution >= 0.6 is 35.3 Å². The molecule has 0 saturated carbocycles. The van der Waals surface area contributed by atoms with Gasteiger partial charge in [0.05, 0.1) is 17.2 Å². The third-order valence-electron chi connectivity index (χ3n) is 3.86. The van der Waals surface area contributed by atoms with E-state index >= 15 is 0 Å². The molecule has 7 heteroatoms. The van der Waals surface area contributed by atoms with Crippen molar-refractivity contribution in [2.45, 2.75) is 73.0 Å². The summed E-state index contributed by atoms with van der Waals surface area (Å²) >= 11 is 1.72. The highest BCUT2D eigenvalue weighted by Crippen LogP contribution is 2.10. The van der Waals surface area contributed by atoms with Crippen molar-refractivity contribution in [3.05, 3.63) is 16.1 Å². The van der Waals surface area contributed by atoms with Gasteiger partial charge in [-0.25, -0.2) is 9.98 Å². The largest absolute Gasteiger partial charge is 0.357 e. The van der Waals surface area contributed by atoms with E-state index in [0.717, 1.165) is 44.1 Å². The number of aromatic nitrogens is 1. The molecule has 0 aromatic carbocycles. The van der Waals surface area contributed by atoms with Crippen LogP contribution in [0.2, 0.25) is 0 Å². The molecule has 1 rings (SSSR count). The van der Waals surface area contributed by atoms with Gasteiger partial charge in [0.1, 0.15) is 0 Å². The van der Waals surface area contributed by atoms with Crippen LogP contribution in [-0.4, -0.2) is 47.6 Å². The minimum absolute atomic E-state index is 0. The van der Waals surface area contributed by atoms with Gasteiger partial charge < -0.3 is 10.6 Å². The van der Waals surface area contributed by atoms with Gasteiger partial charge in [-0.1, -0.05) is 6.92 Å². The summed E-state index contributed by atoms with van der Waals surface area (Å²) in [7, 11) is 0. The number of halogens is 1. The number of hydrogen-bond donors (Lipinski definition) is 2. The zero-order valence-corrected chi connectivity index (χ0v) is 19.8. The Morgan fingerprint density at radius 2 is 1.88 bits per heavy atom. The van der Waals surface area contributed by atoms with Crippen LogP contribution in [0, 0.1) is 0 Å². The van der Waals surface area contributed by atoms with E-state index in [-0.39, 0.29) is 24.0 Å². The van der Waals surface area contributed by atoms with E-state index in [2.05, 4.69) is 72.4 Å². The Bertz CT molecular complexity index is 480. The highest BCUT2D eigenvalue weighted by Gasteiger charge is 2.12. The van der Waals surface area contributed by atoms with E-state index < -0.39 is 0 Å². The van der Waals surface area contributed by atoms with Crippen LogP contribution in [0.4, 0.5) is 0 Å². The number of nitrogens with zero attached hydrogens (tertiary/aromatic N) is 3. The zero-order chi connectivity index (χ0) is 17.9. The first-order valence-electron chi connectivity index (χ1n) is 9.19. The maximum atomic E-state index is 4.64. The molecule has 0 unspecified atom stereocenters. The summed E-state index contributed by atoms with van der Waals surface area (Å²) in [6.45, 7) is 16.8. The second-order valence-corrected chi connectivity index (χ2v) is 7.43. The van der Waals surface area contributed by atoms with Crippen LogP contribution < -0.4 is 10.6 Å². The molecule has 5 nitrogen and oxygen atoms in total. The van der Waals surface area contributed by atoms with E-state index in [4.69, 9.17) is 0 Å². The summed E-state index contributed by atoms with van der Waals surface area (Å²) in [6.07, 6.45) is 2.10. The Kier molecular flexibility index (Phi) is 13.5. The molecule has 0 fully saturated rings. The van der Waals surface area contributed by atoms with E-state index in [1.54, 1.807) is 11.3 Å². The van der Waals surface area contributed by atoms with Gasteiger partial charge in [0.2, 0.25) is 0 Å². The fourth-order valence-corrected chi connectivity index (χ4v) is 3.40. The van der Waals surface area contributed by atoms with E-state index in [1.807, 2.05) is 0 Å². The number of hydrogen-bond acceptors (Lipinski definition) is 4. The predicted molar refractivity (Wildman–Crippen MR) is 121 cm³/mol. The number of nitrogens with one attached hydrogen (secondary N) is 2. The first-order chi connectivity index (χ1) is 11.5. The van der Waals surface area contributed by atoms with Crippen molar-refractivity contribution in [1.29, 1.82) is 0 Å². The summed E-state index contributed by atoms with van der Waals surface area (Å²) in [5.41, 5.74) is 1.06. The quantitative estimate of drug-likeness (QED) is 0.231. The number of aliphatic imine (C=N–C) groups is 1. The van der Waals surface area contributed by atoms with Crippen molar-refractivity contribution in [1.82, 2.24) is 20.5 Å². The van der Waals surface area contributed by atoms with Crippen LogP contribution in [0.1, 0.15) is 58.7 Å². The predicted octanol–water partition coefficient (Wildman–Crippen LogP) is 3.89. The molecule has 0 bridgehead atoms. The van der Waals surface area contributed by atoms with E-state index in [1.165, 1.54) is 5.01 Å². The van der Waals surface area contributed by atoms with Crippen LogP contribution in [0.3, 0.4) is 0 Å². The molecule has 1 aromatic heterocycles. The maximum absolute atomic E-state index is 4.64. The standard InChI is InChI=1S/C18H35N5S.HI/c1-7-17-22-16(13-24-17)12-21-18(19-8-2)20-10-9-11-23(14(3)4)15(5)6;/h13-15H,7-12H2,1-6H3,(H2,19,20,21);1H. The molecule has 146 valence electrons. The summed E-state index contributed by atoms with van der Waals surface area (Å²) in [5.74, 6) is 0.879. The Hall–Kier alpha value is -0.410. The molecule has 0 amide bonds. The van der Waals surface area contributed by atoms with E-state index in [0.29, 0.717) is 18.6 Å². The number of rotatable bonds is 10. The highest BCUT2D eigenvalue weighted by molar-refractivity contribution is 14.0. The summed E-state index contributed by atoms with van der Waals surface area (Å²) in [4.78, 5) is 11.7. The monoisotopic (exact) mass is 481 g/mol. The lowest BCUT2D eigenvalue weighted by Crippen LogP contribution is -2.41. The van der Waals surface area contributed by atoms with Crippen molar-refractivity contribution in [3.63, 3.8) is 0 Å². The van der Waals surface area contributed by atoms with Gasteiger partial charge in [0.15, 0.2) is 5.96 Å². The van der Waals surface area contributed by atoms with Gasteiger partial charge in [0.25, 0.3) is 0 Å². The average molecular weight is 481 g/mol. The molecule has 25 heavy (non-hydrogen) atoms. The van der Waals surface area contributed by atoms with Gasteiger partial charge in [0, 0.05) is 37.1 Å². The molecule has 0 aliphatic heterocycles. The van der Waals surface area contributed by atoms with Crippen molar-refractivity contribution >= 4 is 41.3 Å². The first kappa shape index (κ1) is 24.6. The molecule has 0 spiro atoms. The molecule has 1 aromatic rings. The van der Waals surface area contributed by atoms with E-state index in [9.17, 15) is 0 Å². The van der Waals surface area contributed by atoms with Crippen molar-refractivity contribution in [2.75, 3.05) is 19.6 Å².